The first-order chi connectivity index (χ1) is 16.2. The van der Waals surface area contributed by atoms with E-state index in [1.54, 1.807) is 60.1 Å². The van der Waals surface area contributed by atoms with Crippen molar-refractivity contribution in [2.75, 3.05) is 18.0 Å². The summed E-state index contributed by atoms with van der Waals surface area (Å²) in [4.78, 5) is 28.6. The summed E-state index contributed by atoms with van der Waals surface area (Å²) in [5.41, 5.74) is 1.95. The van der Waals surface area contributed by atoms with Crippen LogP contribution in [0.2, 0.25) is 0 Å². The molecule has 4 aromatic rings. The summed E-state index contributed by atoms with van der Waals surface area (Å²) < 4.78 is 38.7. The molecule has 3 aromatic heterocycles. The number of fused-ring (bicyclic) bond motifs is 1. The van der Waals surface area contributed by atoms with Crippen molar-refractivity contribution in [3.05, 3.63) is 87.8 Å². The predicted molar refractivity (Wildman–Crippen MR) is 128 cm³/mol. The number of anilines is 1. The quantitative estimate of drug-likeness (QED) is 0.343. The summed E-state index contributed by atoms with van der Waals surface area (Å²) in [5.74, 6) is -0.257. The molecule has 0 saturated carbocycles. The molecule has 0 N–H and O–H groups in total. The minimum Gasteiger partial charge on any atom is -0.482 e. The molecule has 1 aromatic carbocycles. The maximum Gasteiger partial charge on any atom is 0.344 e. The fourth-order valence-electron chi connectivity index (χ4n) is 3.10. The van der Waals surface area contributed by atoms with E-state index >= 15 is 0 Å². The molecule has 176 valence electrons. The largest absolute Gasteiger partial charge is 0.482 e. The van der Waals surface area contributed by atoms with Crippen LogP contribution in [0.25, 0.3) is 5.65 Å². The molecule has 0 aliphatic heterocycles. The topological polar surface area (TPSA) is 107 Å². The van der Waals surface area contributed by atoms with E-state index in [9.17, 15) is 18.0 Å². The Morgan fingerprint density at radius 3 is 2.62 bits per heavy atom. The van der Waals surface area contributed by atoms with Gasteiger partial charge in [0.25, 0.3) is 15.6 Å². The molecular weight excluding hydrogens is 478 g/mol. The van der Waals surface area contributed by atoms with Crippen LogP contribution in [0, 0.1) is 6.92 Å². The van der Waals surface area contributed by atoms with Crippen molar-refractivity contribution >= 4 is 38.7 Å². The van der Waals surface area contributed by atoms with Crippen LogP contribution in [0.15, 0.2) is 75.2 Å². The second-order valence-electron chi connectivity index (χ2n) is 7.37. The van der Waals surface area contributed by atoms with Crippen molar-refractivity contribution in [2.45, 2.75) is 17.7 Å². The SMILES string of the molecule is Cc1ccn2c(=O)cc(COC(=O)COc3ccc(N(C)S(=O)(=O)c4cccs4)cc3)nc2c1. The molecule has 4 rings (SSSR count). The lowest BCUT2D eigenvalue weighted by Gasteiger charge is -2.18. The van der Waals surface area contributed by atoms with Crippen molar-refractivity contribution in [1.29, 1.82) is 0 Å². The van der Waals surface area contributed by atoms with Crippen molar-refractivity contribution in [1.82, 2.24) is 9.38 Å². The number of aromatic nitrogens is 2. The third kappa shape index (κ3) is 5.10. The number of esters is 1. The Balaban J connectivity index is 1.33. The van der Waals surface area contributed by atoms with E-state index in [1.807, 2.05) is 6.92 Å². The number of ether oxygens (including phenoxy) is 2. The molecule has 9 nitrogen and oxygen atoms in total. The van der Waals surface area contributed by atoms with Gasteiger partial charge in [-0.2, -0.15) is 0 Å². The van der Waals surface area contributed by atoms with Gasteiger partial charge in [-0.15, -0.1) is 11.3 Å². The molecule has 34 heavy (non-hydrogen) atoms. The molecule has 3 heterocycles. The standard InChI is InChI=1S/C23H21N3O6S2/c1-16-9-10-26-20(12-16)24-17(13-21(26)27)14-32-22(28)15-31-19-7-5-18(6-8-19)25(2)34(29,30)23-4-3-11-33-23/h3-13H,14-15H2,1-2H3. The number of hydrogen-bond donors (Lipinski definition) is 0. The van der Waals surface area contributed by atoms with Crippen LogP contribution < -0.4 is 14.6 Å². The number of aryl methyl sites for hydroxylation is 1. The molecule has 0 spiro atoms. The van der Waals surface area contributed by atoms with Gasteiger partial charge in [-0.3, -0.25) is 13.5 Å². The third-order valence-corrected chi connectivity index (χ3v) is 8.08. The molecule has 0 unspecified atom stereocenters. The van der Waals surface area contributed by atoms with Gasteiger partial charge in [0.05, 0.1) is 11.4 Å². The number of thiophene rings is 1. The Morgan fingerprint density at radius 1 is 1.15 bits per heavy atom. The number of rotatable bonds is 8. The highest BCUT2D eigenvalue weighted by molar-refractivity contribution is 7.94. The van der Waals surface area contributed by atoms with Gasteiger partial charge >= 0.3 is 5.97 Å². The predicted octanol–water partition coefficient (Wildman–Crippen LogP) is 3.01. The summed E-state index contributed by atoms with van der Waals surface area (Å²) >= 11 is 1.14. The summed E-state index contributed by atoms with van der Waals surface area (Å²) in [6, 6.07) is 14.4. The lowest BCUT2D eigenvalue weighted by molar-refractivity contribution is -0.147. The smallest absolute Gasteiger partial charge is 0.344 e. The van der Waals surface area contributed by atoms with Crippen LogP contribution in [-0.2, 0) is 26.2 Å². The minimum atomic E-state index is -3.63. The van der Waals surface area contributed by atoms with Gasteiger partial charge in [0.15, 0.2) is 6.61 Å². The molecule has 0 radical (unpaired) electrons. The van der Waals surface area contributed by atoms with E-state index in [1.165, 1.54) is 21.8 Å². The number of carbonyl (C=O) groups is 1. The van der Waals surface area contributed by atoms with E-state index in [0.29, 0.717) is 22.8 Å². The fraction of sp³-hybridized carbons (Fsp3) is 0.174. The number of carbonyl (C=O) groups excluding carboxylic acids is 1. The minimum absolute atomic E-state index is 0.161. The number of sulfonamides is 1. The molecule has 0 amide bonds. The van der Waals surface area contributed by atoms with E-state index < -0.39 is 16.0 Å². The van der Waals surface area contributed by atoms with Crippen molar-refractivity contribution in [3.8, 4) is 5.75 Å². The highest BCUT2D eigenvalue weighted by Gasteiger charge is 2.22. The number of hydrogen-bond acceptors (Lipinski definition) is 8. The van der Waals surface area contributed by atoms with Gasteiger partial charge in [0.1, 0.15) is 22.2 Å². The van der Waals surface area contributed by atoms with Gasteiger partial charge < -0.3 is 9.47 Å². The summed E-state index contributed by atoms with van der Waals surface area (Å²) in [7, 11) is -2.16. The first kappa shape index (κ1) is 23.5. The second-order valence-corrected chi connectivity index (χ2v) is 10.5. The highest BCUT2D eigenvalue weighted by atomic mass is 32.2. The second kappa shape index (κ2) is 9.65. The van der Waals surface area contributed by atoms with Gasteiger partial charge in [-0.1, -0.05) is 6.07 Å². The zero-order valence-corrected chi connectivity index (χ0v) is 20.0. The van der Waals surface area contributed by atoms with Gasteiger partial charge in [-0.05, 0) is 60.3 Å². The first-order valence-electron chi connectivity index (χ1n) is 10.1. The highest BCUT2D eigenvalue weighted by Crippen LogP contribution is 2.26. The van der Waals surface area contributed by atoms with Gasteiger partial charge in [0.2, 0.25) is 0 Å². The Bertz CT molecular complexity index is 1480. The van der Waals surface area contributed by atoms with Crippen LogP contribution in [0.4, 0.5) is 5.69 Å². The van der Waals surface area contributed by atoms with Crippen LogP contribution in [0.3, 0.4) is 0 Å². The molecule has 11 heteroatoms. The maximum atomic E-state index is 12.6. The zero-order chi connectivity index (χ0) is 24.3. The lowest BCUT2D eigenvalue weighted by atomic mass is 10.3. The maximum absolute atomic E-state index is 12.6. The Labute approximate surface area is 199 Å². The number of pyridine rings is 1. The molecule has 0 fully saturated rings. The molecule has 0 bridgehead atoms. The lowest BCUT2D eigenvalue weighted by Crippen LogP contribution is -2.25. The summed E-state index contributed by atoms with van der Waals surface area (Å²) in [6.45, 7) is 1.38. The van der Waals surface area contributed by atoms with E-state index in [0.717, 1.165) is 16.9 Å². The first-order valence-corrected chi connectivity index (χ1v) is 12.5. The average molecular weight is 500 g/mol. The molecule has 0 aliphatic rings. The van der Waals surface area contributed by atoms with Crippen molar-refractivity contribution < 1.29 is 22.7 Å². The zero-order valence-electron chi connectivity index (χ0n) is 18.4. The van der Waals surface area contributed by atoms with E-state index in [-0.39, 0.29) is 23.0 Å². The average Bonchev–Trinajstić information content (AvgIpc) is 3.37. The van der Waals surface area contributed by atoms with Crippen LogP contribution in [0.1, 0.15) is 11.3 Å². The third-order valence-electron chi connectivity index (χ3n) is 4.92. The Morgan fingerprint density at radius 2 is 1.91 bits per heavy atom. The van der Waals surface area contributed by atoms with Crippen LogP contribution in [0.5, 0.6) is 5.75 Å². The van der Waals surface area contributed by atoms with Crippen LogP contribution in [-0.4, -0.2) is 37.4 Å². The Hall–Kier alpha value is -3.70. The van der Waals surface area contributed by atoms with Gasteiger partial charge in [0, 0.05) is 19.3 Å². The van der Waals surface area contributed by atoms with Crippen LogP contribution >= 0.6 is 11.3 Å². The number of nitrogens with zero attached hydrogens (tertiary/aromatic N) is 3. The van der Waals surface area contributed by atoms with E-state index in [2.05, 4.69) is 4.98 Å². The summed E-state index contributed by atoms with van der Waals surface area (Å²) in [6.07, 6.45) is 1.64. The normalized spacial score (nSPS) is 11.4. The molecule has 0 saturated heterocycles. The van der Waals surface area contributed by atoms with E-state index in [4.69, 9.17) is 9.47 Å². The fourth-order valence-corrected chi connectivity index (χ4v) is 5.46. The molecule has 0 atom stereocenters. The molecule has 0 aliphatic carbocycles. The van der Waals surface area contributed by atoms with Crippen molar-refractivity contribution in [3.63, 3.8) is 0 Å². The van der Waals surface area contributed by atoms with Gasteiger partial charge in [-0.25, -0.2) is 18.2 Å². The van der Waals surface area contributed by atoms with Crippen molar-refractivity contribution in [2.24, 2.45) is 0 Å². The summed E-state index contributed by atoms with van der Waals surface area (Å²) in [5, 5.41) is 1.70. The monoisotopic (exact) mass is 499 g/mol. The molecular formula is C23H21N3O6S2. The number of benzene rings is 1. The Kier molecular flexibility index (Phi) is 6.66.